The number of aromatic nitrogens is 2. The summed E-state index contributed by atoms with van der Waals surface area (Å²) in [6.07, 6.45) is 1.74. The van der Waals surface area contributed by atoms with E-state index in [4.69, 9.17) is 4.74 Å². The second kappa shape index (κ2) is 4.65. The Morgan fingerprint density at radius 1 is 1.62 bits per heavy atom. The van der Waals surface area contributed by atoms with Crippen LogP contribution in [0.3, 0.4) is 0 Å². The number of carbonyl (C=O) groups is 1. The molecule has 1 aromatic heterocycles. The molecule has 0 spiro atoms. The highest BCUT2D eigenvalue weighted by Crippen LogP contribution is 2.25. The Morgan fingerprint density at radius 3 is 2.75 bits per heavy atom. The number of nitrogens with zero attached hydrogens (tertiary/aromatic N) is 2. The van der Waals surface area contributed by atoms with E-state index in [-0.39, 0.29) is 12.3 Å². The number of rotatable bonds is 4. The fourth-order valence-corrected chi connectivity index (χ4v) is 1.42. The zero-order valence-corrected chi connectivity index (χ0v) is 10.1. The summed E-state index contributed by atoms with van der Waals surface area (Å²) < 4.78 is 6.48. The van der Waals surface area contributed by atoms with Crippen LogP contribution in [-0.2, 0) is 17.2 Å². The molecule has 0 saturated heterocycles. The topological polar surface area (TPSA) is 64.3 Å². The van der Waals surface area contributed by atoms with Gasteiger partial charge in [-0.3, -0.25) is 4.68 Å². The molecule has 0 aliphatic carbocycles. The maximum Gasteiger partial charge on any atom is 0.359 e. The van der Waals surface area contributed by atoms with Gasteiger partial charge < -0.3 is 9.84 Å². The van der Waals surface area contributed by atoms with Crippen molar-refractivity contribution in [1.82, 2.24) is 9.78 Å². The highest BCUT2D eigenvalue weighted by Gasteiger charge is 2.29. The molecule has 1 rings (SSSR count). The number of aryl methyl sites for hydroxylation is 1. The van der Waals surface area contributed by atoms with Gasteiger partial charge in [0.15, 0.2) is 5.69 Å². The number of ether oxygens (including phenoxy) is 1. The highest BCUT2D eigenvalue weighted by atomic mass is 16.5. The summed E-state index contributed by atoms with van der Waals surface area (Å²) in [6, 6.07) is 0. The van der Waals surface area contributed by atoms with E-state index < -0.39 is 11.4 Å². The fourth-order valence-electron chi connectivity index (χ4n) is 1.42. The van der Waals surface area contributed by atoms with E-state index in [9.17, 15) is 9.90 Å². The SMILES string of the molecule is CCOC(=O)c1nn(C)cc1C(C)(C)CO. The molecule has 0 aromatic carbocycles. The van der Waals surface area contributed by atoms with E-state index in [2.05, 4.69) is 5.10 Å². The molecule has 0 aliphatic rings. The average Bonchev–Trinajstić information content (AvgIpc) is 2.61. The van der Waals surface area contributed by atoms with Crippen molar-refractivity contribution in [2.45, 2.75) is 26.2 Å². The molecule has 1 heterocycles. The first-order valence-corrected chi connectivity index (χ1v) is 5.24. The van der Waals surface area contributed by atoms with E-state index in [1.54, 1.807) is 24.9 Å². The highest BCUT2D eigenvalue weighted by molar-refractivity contribution is 5.89. The molecule has 0 unspecified atom stereocenters. The lowest BCUT2D eigenvalue weighted by molar-refractivity contribution is 0.0514. The summed E-state index contributed by atoms with van der Waals surface area (Å²) in [4.78, 5) is 11.7. The third-order valence-corrected chi connectivity index (χ3v) is 2.42. The average molecular weight is 226 g/mol. The zero-order valence-electron chi connectivity index (χ0n) is 10.1. The van der Waals surface area contributed by atoms with E-state index in [0.29, 0.717) is 12.2 Å². The Bertz CT molecular complexity index is 383. The van der Waals surface area contributed by atoms with Crippen molar-refractivity contribution in [3.63, 3.8) is 0 Å². The van der Waals surface area contributed by atoms with Crippen LogP contribution in [0.15, 0.2) is 6.20 Å². The second-order valence-corrected chi connectivity index (χ2v) is 4.33. The van der Waals surface area contributed by atoms with Crippen molar-refractivity contribution < 1.29 is 14.6 Å². The number of hydrogen-bond donors (Lipinski definition) is 1. The van der Waals surface area contributed by atoms with Crippen LogP contribution in [0.5, 0.6) is 0 Å². The first-order chi connectivity index (χ1) is 7.42. The van der Waals surface area contributed by atoms with Gasteiger partial charge in [-0.25, -0.2) is 4.79 Å². The lowest BCUT2D eigenvalue weighted by Crippen LogP contribution is -2.24. The summed E-state index contributed by atoms with van der Waals surface area (Å²) in [7, 11) is 1.74. The Balaban J connectivity index is 3.14. The fraction of sp³-hybridized carbons (Fsp3) is 0.636. The third-order valence-electron chi connectivity index (χ3n) is 2.42. The quantitative estimate of drug-likeness (QED) is 0.774. The van der Waals surface area contributed by atoms with Crippen molar-refractivity contribution >= 4 is 5.97 Å². The number of hydrogen-bond acceptors (Lipinski definition) is 4. The molecular formula is C11H18N2O3. The smallest absolute Gasteiger partial charge is 0.359 e. The van der Waals surface area contributed by atoms with Gasteiger partial charge in [0.2, 0.25) is 0 Å². The summed E-state index contributed by atoms with van der Waals surface area (Å²) >= 11 is 0. The molecule has 1 N–H and O–H groups in total. The molecule has 0 atom stereocenters. The monoisotopic (exact) mass is 226 g/mol. The van der Waals surface area contributed by atoms with Crippen LogP contribution in [0, 0.1) is 0 Å². The van der Waals surface area contributed by atoms with Crippen molar-refractivity contribution in [2.24, 2.45) is 7.05 Å². The van der Waals surface area contributed by atoms with Crippen molar-refractivity contribution in [3.05, 3.63) is 17.5 Å². The molecule has 0 amide bonds. The molecular weight excluding hydrogens is 208 g/mol. The van der Waals surface area contributed by atoms with Crippen LogP contribution >= 0.6 is 0 Å². The van der Waals surface area contributed by atoms with E-state index in [1.165, 1.54) is 0 Å². The van der Waals surface area contributed by atoms with Crippen LogP contribution in [0.2, 0.25) is 0 Å². The van der Waals surface area contributed by atoms with Crippen molar-refractivity contribution in [1.29, 1.82) is 0 Å². The molecule has 0 saturated carbocycles. The molecule has 90 valence electrons. The lowest BCUT2D eigenvalue weighted by atomic mass is 9.86. The number of esters is 1. The summed E-state index contributed by atoms with van der Waals surface area (Å²) in [6.45, 7) is 5.72. The Labute approximate surface area is 95.0 Å². The normalized spacial score (nSPS) is 11.6. The second-order valence-electron chi connectivity index (χ2n) is 4.33. The maximum absolute atomic E-state index is 11.7. The van der Waals surface area contributed by atoms with Crippen LogP contribution < -0.4 is 0 Å². The number of carbonyl (C=O) groups excluding carboxylic acids is 1. The van der Waals surface area contributed by atoms with E-state index in [1.807, 2.05) is 13.8 Å². The van der Waals surface area contributed by atoms with Gasteiger partial charge in [0.25, 0.3) is 0 Å². The minimum atomic E-state index is -0.504. The molecule has 5 nitrogen and oxygen atoms in total. The Morgan fingerprint density at radius 2 is 2.25 bits per heavy atom. The Hall–Kier alpha value is -1.36. The van der Waals surface area contributed by atoms with Gasteiger partial charge in [-0.15, -0.1) is 0 Å². The summed E-state index contributed by atoms with van der Waals surface area (Å²) in [5.74, 6) is -0.445. The van der Waals surface area contributed by atoms with Crippen molar-refractivity contribution in [3.8, 4) is 0 Å². The van der Waals surface area contributed by atoms with Gasteiger partial charge in [-0.05, 0) is 6.92 Å². The maximum atomic E-state index is 11.7. The van der Waals surface area contributed by atoms with E-state index >= 15 is 0 Å². The molecule has 0 radical (unpaired) electrons. The first kappa shape index (κ1) is 12.7. The van der Waals surface area contributed by atoms with Gasteiger partial charge in [0.1, 0.15) is 0 Å². The van der Waals surface area contributed by atoms with Gasteiger partial charge >= 0.3 is 5.97 Å². The predicted molar refractivity (Wildman–Crippen MR) is 59.3 cm³/mol. The van der Waals surface area contributed by atoms with Gasteiger partial charge in [-0.1, -0.05) is 13.8 Å². The minimum absolute atomic E-state index is 0.0505. The predicted octanol–water partition coefficient (Wildman–Crippen LogP) is 0.867. The molecule has 0 aliphatic heterocycles. The molecule has 0 fully saturated rings. The number of aliphatic hydroxyl groups excluding tert-OH is 1. The molecule has 5 heteroatoms. The molecule has 16 heavy (non-hydrogen) atoms. The van der Waals surface area contributed by atoms with Gasteiger partial charge in [-0.2, -0.15) is 5.10 Å². The summed E-state index contributed by atoms with van der Waals surface area (Å²) in [5.41, 5.74) is 0.482. The third kappa shape index (κ3) is 2.41. The van der Waals surface area contributed by atoms with Crippen molar-refractivity contribution in [2.75, 3.05) is 13.2 Å². The zero-order chi connectivity index (χ0) is 12.3. The largest absolute Gasteiger partial charge is 0.461 e. The minimum Gasteiger partial charge on any atom is -0.461 e. The van der Waals surface area contributed by atoms with Crippen LogP contribution in [0.1, 0.15) is 36.8 Å². The lowest BCUT2D eigenvalue weighted by Gasteiger charge is -2.20. The molecule has 0 bridgehead atoms. The molecule has 1 aromatic rings. The van der Waals surface area contributed by atoms with Gasteiger partial charge in [0.05, 0.1) is 13.2 Å². The van der Waals surface area contributed by atoms with Crippen LogP contribution in [-0.4, -0.2) is 34.1 Å². The number of aliphatic hydroxyl groups is 1. The standard InChI is InChI=1S/C11H18N2O3/c1-5-16-10(15)9-8(6-13(4)12-9)11(2,3)7-14/h6,14H,5,7H2,1-4H3. The van der Waals surface area contributed by atoms with Gasteiger partial charge in [0, 0.05) is 24.2 Å². The first-order valence-electron chi connectivity index (χ1n) is 5.24. The summed E-state index contributed by atoms with van der Waals surface area (Å²) in [5, 5.41) is 13.4. The van der Waals surface area contributed by atoms with E-state index in [0.717, 1.165) is 0 Å². The Kier molecular flexibility index (Phi) is 3.70. The van der Waals surface area contributed by atoms with Crippen LogP contribution in [0.25, 0.3) is 0 Å². The van der Waals surface area contributed by atoms with Crippen LogP contribution in [0.4, 0.5) is 0 Å².